The molecule has 0 atom stereocenters. The van der Waals surface area contributed by atoms with Gasteiger partial charge in [0.05, 0.1) is 6.61 Å². The van der Waals surface area contributed by atoms with Crippen molar-refractivity contribution in [3.05, 3.63) is 48.3 Å². The van der Waals surface area contributed by atoms with Crippen LogP contribution in [-0.2, 0) is 0 Å². The summed E-state index contributed by atoms with van der Waals surface area (Å²) < 4.78 is 18.7. The first-order chi connectivity index (χ1) is 10.1. The van der Waals surface area contributed by atoms with Crippen LogP contribution in [0.5, 0.6) is 5.75 Å². The van der Waals surface area contributed by atoms with Crippen molar-refractivity contribution in [3.63, 3.8) is 0 Å². The Labute approximate surface area is 121 Å². The predicted octanol–water partition coefficient (Wildman–Crippen LogP) is 3.45. The smallest absolute Gasteiger partial charge is 0.323 e. The minimum absolute atomic E-state index is 0.155. The normalized spacial score (nSPS) is 10.0. The van der Waals surface area contributed by atoms with E-state index in [2.05, 4.69) is 10.6 Å². The number of carbonyl (C=O) groups is 1. The monoisotopic (exact) mass is 289 g/mol. The van der Waals surface area contributed by atoms with Crippen LogP contribution >= 0.6 is 0 Å². The molecule has 0 radical (unpaired) electrons. The second kappa shape index (κ2) is 6.60. The molecule has 110 valence electrons. The third kappa shape index (κ3) is 4.10. The Hall–Kier alpha value is -2.76. The van der Waals surface area contributed by atoms with Gasteiger partial charge >= 0.3 is 6.03 Å². The number of anilines is 3. The average Bonchev–Trinajstić information content (AvgIpc) is 2.44. The van der Waals surface area contributed by atoms with E-state index in [0.717, 1.165) is 0 Å². The molecule has 2 aromatic rings. The van der Waals surface area contributed by atoms with Crippen LogP contribution in [0, 0.1) is 5.82 Å². The first-order valence-electron chi connectivity index (χ1n) is 6.44. The molecule has 2 amide bonds. The van der Waals surface area contributed by atoms with Gasteiger partial charge in [0.25, 0.3) is 0 Å². The molecule has 0 saturated carbocycles. The van der Waals surface area contributed by atoms with Crippen LogP contribution in [0.25, 0.3) is 0 Å². The molecular formula is C15H16FN3O2. The van der Waals surface area contributed by atoms with Gasteiger partial charge in [0.15, 0.2) is 11.6 Å². The Morgan fingerprint density at radius 2 is 1.76 bits per heavy atom. The minimum atomic E-state index is -0.526. The standard InChI is InChI=1S/C15H16FN3O2/c1-2-21-14-8-7-12(9-13(14)16)19-15(20)18-11-5-3-10(17)4-6-11/h3-9H,2,17H2,1H3,(H2,18,19,20). The number of nitrogens with two attached hydrogens (primary N) is 1. The van der Waals surface area contributed by atoms with Crippen molar-refractivity contribution >= 4 is 23.1 Å². The van der Waals surface area contributed by atoms with Crippen LogP contribution in [0.4, 0.5) is 26.2 Å². The maximum Gasteiger partial charge on any atom is 0.323 e. The van der Waals surface area contributed by atoms with Gasteiger partial charge in [-0.05, 0) is 43.3 Å². The first-order valence-corrected chi connectivity index (χ1v) is 6.44. The molecule has 0 aromatic heterocycles. The fourth-order valence-corrected chi connectivity index (χ4v) is 1.71. The Bertz CT molecular complexity index is 629. The van der Waals surface area contributed by atoms with Crippen LogP contribution in [0.3, 0.4) is 0 Å². The Kier molecular flexibility index (Phi) is 4.61. The van der Waals surface area contributed by atoms with E-state index in [1.165, 1.54) is 12.1 Å². The van der Waals surface area contributed by atoms with Crippen molar-refractivity contribution in [1.29, 1.82) is 0 Å². The van der Waals surface area contributed by atoms with Gasteiger partial charge in [-0.3, -0.25) is 0 Å². The highest BCUT2D eigenvalue weighted by Gasteiger charge is 2.07. The molecular weight excluding hydrogens is 273 g/mol. The molecule has 0 fully saturated rings. The number of amides is 2. The molecule has 5 nitrogen and oxygen atoms in total. The van der Waals surface area contributed by atoms with Crippen LogP contribution in [0.15, 0.2) is 42.5 Å². The molecule has 0 spiro atoms. The van der Waals surface area contributed by atoms with Crippen molar-refractivity contribution in [3.8, 4) is 5.75 Å². The number of hydrogen-bond acceptors (Lipinski definition) is 3. The maximum atomic E-state index is 13.6. The zero-order chi connectivity index (χ0) is 15.2. The van der Waals surface area contributed by atoms with Crippen molar-refractivity contribution < 1.29 is 13.9 Å². The number of urea groups is 1. The molecule has 0 aliphatic heterocycles. The molecule has 0 heterocycles. The fraction of sp³-hybridized carbons (Fsp3) is 0.133. The van der Waals surface area contributed by atoms with E-state index >= 15 is 0 Å². The van der Waals surface area contributed by atoms with Gasteiger partial charge in [-0.1, -0.05) is 0 Å². The summed E-state index contributed by atoms with van der Waals surface area (Å²) in [5.74, 6) is -0.371. The summed E-state index contributed by atoms with van der Waals surface area (Å²) >= 11 is 0. The Morgan fingerprint density at radius 3 is 2.38 bits per heavy atom. The third-order valence-corrected chi connectivity index (χ3v) is 2.66. The molecule has 2 rings (SSSR count). The lowest BCUT2D eigenvalue weighted by Crippen LogP contribution is -2.19. The topological polar surface area (TPSA) is 76.4 Å². The van der Waals surface area contributed by atoms with Crippen molar-refractivity contribution in [2.75, 3.05) is 23.0 Å². The second-order valence-corrected chi connectivity index (χ2v) is 4.28. The van der Waals surface area contributed by atoms with Crippen LogP contribution in [0.2, 0.25) is 0 Å². The van der Waals surface area contributed by atoms with Gasteiger partial charge in [0, 0.05) is 23.1 Å². The van der Waals surface area contributed by atoms with E-state index in [9.17, 15) is 9.18 Å². The number of nitrogen functional groups attached to an aromatic ring is 1. The SMILES string of the molecule is CCOc1ccc(NC(=O)Nc2ccc(N)cc2)cc1F. The van der Waals surface area contributed by atoms with Gasteiger partial charge in [0.1, 0.15) is 0 Å². The lowest BCUT2D eigenvalue weighted by Gasteiger charge is -2.09. The van der Waals surface area contributed by atoms with Crippen molar-refractivity contribution in [1.82, 2.24) is 0 Å². The summed E-state index contributed by atoms with van der Waals surface area (Å²) in [6.07, 6.45) is 0. The second-order valence-electron chi connectivity index (χ2n) is 4.28. The summed E-state index contributed by atoms with van der Waals surface area (Å²) in [5, 5.41) is 5.16. The van der Waals surface area contributed by atoms with Crippen molar-refractivity contribution in [2.24, 2.45) is 0 Å². The molecule has 21 heavy (non-hydrogen) atoms. The molecule has 6 heteroatoms. The Balaban J connectivity index is 1.99. The molecule has 4 N–H and O–H groups in total. The number of halogens is 1. The number of nitrogens with one attached hydrogen (secondary N) is 2. The molecule has 0 aliphatic carbocycles. The van der Waals surface area contributed by atoms with E-state index in [-0.39, 0.29) is 5.75 Å². The van der Waals surface area contributed by atoms with Gasteiger partial charge < -0.3 is 21.1 Å². The van der Waals surface area contributed by atoms with E-state index in [1.54, 1.807) is 37.3 Å². The number of ether oxygens (including phenoxy) is 1. The molecule has 0 unspecified atom stereocenters. The van der Waals surface area contributed by atoms with Gasteiger partial charge in [-0.2, -0.15) is 0 Å². The molecule has 2 aromatic carbocycles. The third-order valence-electron chi connectivity index (χ3n) is 2.66. The quantitative estimate of drug-likeness (QED) is 0.754. The lowest BCUT2D eigenvalue weighted by molar-refractivity contribution is 0.262. The van der Waals surface area contributed by atoms with E-state index in [1.807, 2.05) is 0 Å². The molecule has 0 saturated heterocycles. The average molecular weight is 289 g/mol. The highest BCUT2D eigenvalue weighted by atomic mass is 19.1. The molecule has 0 bridgehead atoms. The van der Waals surface area contributed by atoms with Gasteiger partial charge in [-0.15, -0.1) is 0 Å². The first kappa shape index (κ1) is 14.6. The summed E-state index contributed by atoms with van der Waals surface area (Å²) in [5.41, 5.74) is 7.09. The number of benzene rings is 2. The number of carbonyl (C=O) groups excluding carboxylic acids is 1. The summed E-state index contributed by atoms with van der Waals surface area (Å²) in [7, 11) is 0. The van der Waals surface area contributed by atoms with Crippen LogP contribution < -0.4 is 21.1 Å². The summed E-state index contributed by atoms with van der Waals surface area (Å²) in [6.45, 7) is 2.15. The van der Waals surface area contributed by atoms with Gasteiger partial charge in [0.2, 0.25) is 0 Å². The largest absolute Gasteiger partial charge is 0.491 e. The number of hydrogen-bond donors (Lipinski definition) is 3. The van der Waals surface area contributed by atoms with Crippen molar-refractivity contribution in [2.45, 2.75) is 6.92 Å². The van der Waals surface area contributed by atoms with E-state index < -0.39 is 11.8 Å². The lowest BCUT2D eigenvalue weighted by atomic mass is 10.3. The maximum absolute atomic E-state index is 13.6. The van der Waals surface area contributed by atoms with E-state index in [0.29, 0.717) is 23.7 Å². The number of rotatable bonds is 4. The van der Waals surface area contributed by atoms with Crippen LogP contribution in [-0.4, -0.2) is 12.6 Å². The molecule has 0 aliphatic rings. The van der Waals surface area contributed by atoms with Gasteiger partial charge in [-0.25, -0.2) is 9.18 Å². The van der Waals surface area contributed by atoms with E-state index in [4.69, 9.17) is 10.5 Å². The Morgan fingerprint density at radius 1 is 1.14 bits per heavy atom. The predicted molar refractivity (Wildman–Crippen MR) is 81.1 cm³/mol. The summed E-state index contributed by atoms with van der Waals surface area (Å²) in [4.78, 5) is 11.8. The summed E-state index contributed by atoms with van der Waals surface area (Å²) in [6, 6.07) is 10.5. The minimum Gasteiger partial charge on any atom is -0.491 e. The van der Waals surface area contributed by atoms with Crippen LogP contribution in [0.1, 0.15) is 6.92 Å². The zero-order valence-electron chi connectivity index (χ0n) is 11.5. The highest BCUT2D eigenvalue weighted by molar-refractivity contribution is 5.99. The highest BCUT2D eigenvalue weighted by Crippen LogP contribution is 2.21. The zero-order valence-corrected chi connectivity index (χ0v) is 11.5. The fourth-order valence-electron chi connectivity index (χ4n) is 1.71.